The second kappa shape index (κ2) is 11.1. The van der Waals surface area contributed by atoms with Gasteiger partial charge in [0.05, 0.1) is 6.61 Å². The third-order valence-electron chi connectivity index (χ3n) is 4.51. The molecule has 0 radical (unpaired) electrons. The molecule has 9 heteroatoms. The molecule has 2 aromatic rings. The van der Waals surface area contributed by atoms with Gasteiger partial charge in [0.2, 0.25) is 0 Å². The lowest BCUT2D eigenvalue weighted by molar-refractivity contribution is -0.186. The van der Waals surface area contributed by atoms with Crippen LogP contribution in [0.5, 0.6) is 11.5 Å². The molecule has 0 aliphatic rings. The number of carboxylic acid groups (broad SMARTS) is 1. The molecule has 0 amide bonds. The number of aliphatic carboxylic acids is 1. The van der Waals surface area contributed by atoms with Crippen molar-refractivity contribution in [2.75, 3.05) is 6.61 Å². The Morgan fingerprint density at radius 1 is 1.03 bits per heavy atom. The molecule has 2 aromatic carbocycles. The number of benzene rings is 2. The minimum Gasteiger partial charge on any atom is -0.493 e. The molecular weight excluding hydrogens is 462 g/mol. The van der Waals surface area contributed by atoms with Crippen LogP contribution in [0.15, 0.2) is 54.6 Å². The lowest BCUT2D eigenvalue weighted by Crippen LogP contribution is -2.42. The van der Waals surface area contributed by atoms with Crippen LogP contribution in [0.25, 0.3) is 6.08 Å². The van der Waals surface area contributed by atoms with Gasteiger partial charge in [0.15, 0.2) is 16.6 Å². The maximum atomic E-state index is 14.9. The Hall–Kier alpha value is -2.50. The second-order valence-corrected chi connectivity index (χ2v) is 18.3. The average Bonchev–Trinajstić information content (AvgIpc) is 2.69. The summed E-state index contributed by atoms with van der Waals surface area (Å²) < 4.78 is 46.9. The minimum absolute atomic E-state index is 0.0430. The van der Waals surface area contributed by atoms with E-state index in [1.54, 1.807) is 6.07 Å². The van der Waals surface area contributed by atoms with E-state index >= 15 is 0 Å². The number of carboxylic acids is 1. The van der Waals surface area contributed by atoms with E-state index in [-0.39, 0.29) is 17.1 Å². The molecule has 180 valence electrons. The first-order valence-electron chi connectivity index (χ1n) is 10.8. The quantitative estimate of drug-likeness (QED) is 0.201. The predicted molar refractivity (Wildman–Crippen MR) is 131 cm³/mol. The van der Waals surface area contributed by atoms with Crippen LogP contribution in [0.2, 0.25) is 38.8 Å². The summed E-state index contributed by atoms with van der Waals surface area (Å²) in [5.41, 5.74) is 0.205. The zero-order chi connectivity index (χ0) is 24.7. The summed E-state index contributed by atoms with van der Waals surface area (Å²) in [6.45, 7) is 11.1. The van der Waals surface area contributed by atoms with E-state index < -0.39 is 28.7 Å². The monoisotopic (exact) mass is 494 g/mol. The van der Waals surface area contributed by atoms with E-state index in [2.05, 4.69) is 32.7 Å². The summed E-state index contributed by atoms with van der Waals surface area (Å²) in [4.78, 5) is 10.6. The summed E-state index contributed by atoms with van der Waals surface area (Å²) in [7, 11) is -3.45. The Bertz CT molecular complexity index is 954. The largest absolute Gasteiger partial charge is 0.493 e. The van der Waals surface area contributed by atoms with Gasteiger partial charge >= 0.3 is 12.1 Å². The van der Waals surface area contributed by atoms with Gasteiger partial charge in [-0.25, -0.2) is 4.79 Å². The smallest absolute Gasteiger partial charge is 0.430 e. The van der Waals surface area contributed by atoms with E-state index in [4.69, 9.17) is 18.7 Å². The topological polar surface area (TPSA) is 65.0 Å². The van der Waals surface area contributed by atoms with E-state index in [0.29, 0.717) is 12.2 Å². The molecule has 0 atom stereocenters. The highest BCUT2D eigenvalue weighted by molar-refractivity contribution is 6.84. The number of para-hydroxylation sites is 1. The molecular formula is C24H32F2O5Si2. The average molecular weight is 495 g/mol. The summed E-state index contributed by atoms with van der Waals surface area (Å²) in [6, 6.07) is 12.6. The molecule has 0 saturated carbocycles. The number of alkyl halides is 2. The summed E-state index contributed by atoms with van der Waals surface area (Å²) in [5.74, 6) is -1.06. The Balaban J connectivity index is 2.02. The van der Waals surface area contributed by atoms with Crippen LogP contribution in [0.4, 0.5) is 8.78 Å². The van der Waals surface area contributed by atoms with Crippen LogP contribution in [0, 0.1) is 0 Å². The fourth-order valence-electron chi connectivity index (χ4n) is 3.41. The molecule has 5 nitrogen and oxygen atoms in total. The maximum absolute atomic E-state index is 14.9. The Morgan fingerprint density at radius 3 is 2.27 bits per heavy atom. The first kappa shape index (κ1) is 26.8. The predicted octanol–water partition coefficient (Wildman–Crippen LogP) is 6.74. The van der Waals surface area contributed by atoms with Crippen molar-refractivity contribution in [2.45, 2.75) is 51.3 Å². The van der Waals surface area contributed by atoms with Gasteiger partial charge in [0.1, 0.15) is 17.1 Å². The lowest BCUT2D eigenvalue weighted by Gasteiger charge is -2.31. The third kappa shape index (κ3) is 9.49. The fraction of sp³-hybridized carbons (Fsp3) is 0.375. The molecule has 0 aromatic heterocycles. The van der Waals surface area contributed by atoms with Crippen molar-refractivity contribution in [3.63, 3.8) is 0 Å². The summed E-state index contributed by atoms with van der Waals surface area (Å²) in [5, 5.41) is 8.67. The normalized spacial score (nSPS) is 12.7. The number of carbonyl (C=O) groups is 1. The van der Waals surface area contributed by atoms with Crippen LogP contribution >= 0.6 is 0 Å². The van der Waals surface area contributed by atoms with Gasteiger partial charge in [-0.3, -0.25) is 0 Å². The number of hydrogen-bond acceptors (Lipinski definition) is 4. The molecule has 33 heavy (non-hydrogen) atoms. The van der Waals surface area contributed by atoms with Crippen LogP contribution < -0.4 is 9.47 Å². The van der Waals surface area contributed by atoms with Crippen molar-refractivity contribution in [2.24, 2.45) is 0 Å². The molecule has 0 bridgehead atoms. The maximum Gasteiger partial charge on any atom is 0.430 e. The van der Waals surface area contributed by atoms with Crippen molar-refractivity contribution in [3.05, 3.63) is 65.7 Å². The van der Waals surface area contributed by atoms with Gasteiger partial charge in [-0.15, -0.1) is 0 Å². The highest BCUT2D eigenvalue weighted by Gasteiger charge is 2.38. The zero-order valence-electron chi connectivity index (χ0n) is 19.7. The highest BCUT2D eigenvalue weighted by atomic mass is 28.4. The molecule has 0 aliphatic heterocycles. The minimum atomic E-state index is -3.61. The SMILES string of the molecule is C[Si](C)(C)O[Si](C)(C)CCCOc1ccccc1C(F)(F)Oc1ccc(C=CC(=O)O)cc1. The second-order valence-electron chi connectivity index (χ2n) is 9.28. The Morgan fingerprint density at radius 2 is 1.67 bits per heavy atom. The zero-order valence-corrected chi connectivity index (χ0v) is 21.7. The van der Waals surface area contributed by atoms with Crippen LogP contribution in [0.1, 0.15) is 17.5 Å². The molecule has 0 unspecified atom stereocenters. The van der Waals surface area contributed by atoms with E-state index in [0.717, 1.165) is 18.5 Å². The fourth-order valence-corrected chi connectivity index (χ4v) is 11.4. The first-order chi connectivity index (χ1) is 15.3. The number of rotatable bonds is 12. The van der Waals surface area contributed by atoms with Crippen molar-refractivity contribution >= 4 is 28.7 Å². The molecule has 1 N–H and O–H groups in total. The van der Waals surface area contributed by atoms with Gasteiger partial charge < -0.3 is 18.7 Å². The van der Waals surface area contributed by atoms with Gasteiger partial charge in [0.25, 0.3) is 0 Å². The van der Waals surface area contributed by atoms with Crippen LogP contribution in [-0.2, 0) is 15.0 Å². The Kier molecular flexibility index (Phi) is 8.99. The third-order valence-corrected chi connectivity index (χ3v) is 10.7. The molecule has 0 aliphatic carbocycles. The molecule has 0 fully saturated rings. The van der Waals surface area contributed by atoms with E-state index in [9.17, 15) is 13.6 Å². The number of ether oxygens (including phenoxy) is 2. The van der Waals surface area contributed by atoms with Gasteiger partial charge in [-0.2, -0.15) is 8.78 Å². The Labute approximate surface area is 196 Å². The summed E-state index contributed by atoms with van der Waals surface area (Å²) >= 11 is 0. The van der Waals surface area contributed by atoms with Crippen molar-refractivity contribution < 1.29 is 32.3 Å². The van der Waals surface area contributed by atoms with Gasteiger partial charge in [-0.05, 0) is 81.1 Å². The first-order valence-corrected chi connectivity index (χ1v) is 17.3. The molecule has 0 saturated heterocycles. The highest BCUT2D eigenvalue weighted by Crippen LogP contribution is 2.37. The van der Waals surface area contributed by atoms with Gasteiger partial charge in [0, 0.05) is 6.08 Å². The van der Waals surface area contributed by atoms with Crippen molar-refractivity contribution in [3.8, 4) is 11.5 Å². The number of hydrogen-bond donors (Lipinski definition) is 1. The number of halogens is 2. The standard InChI is InChI=1S/C24H32F2O5Si2/c1-32(2,3)31-33(4,5)18-8-17-29-22-10-7-6-9-21(22)24(25,26)30-20-14-11-19(12-15-20)13-16-23(27)28/h6-7,9-16H,8,17-18H2,1-5H3,(H,27,28). The molecule has 2 rings (SSSR count). The summed E-state index contributed by atoms with van der Waals surface area (Å²) in [6.07, 6.45) is -0.551. The molecule has 0 spiro atoms. The van der Waals surface area contributed by atoms with Crippen molar-refractivity contribution in [1.82, 2.24) is 0 Å². The van der Waals surface area contributed by atoms with E-state index in [1.807, 2.05) is 0 Å². The van der Waals surface area contributed by atoms with E-state index in [1.165, 1.54) is 48.5 Å². The van der Waals surface area contributed by atoms with Crippen molar-refractivity contribution in [1.29, 1.82) is 0 Å². The van der Waals surface area contributed by atoms with Crippen LogP contribution in [0.3, 0.4) is 0 Å². The van der Waals surface area contributed by atoms with Crippen LogP contribution in [-0.4, -0.2) is 34.3 Å². The van der Waals surface area contributed by atoms with Gasteiger partial charge in [-0.1, -0.05) is 24.3 Å². The molecule has 0 heterocycles. The lowest BCUT2D eigenvalue weighted by atomic mass is 10.1.